The average molecular weight is 368 g/mol. The van der Waals surface area contributed by atoms with Crippen molar-refractivity contribution in [1.29, 1.82) is 0 Å². The third-order valence-electron chi connectivity index (χ3n) is 7.03. The van der Waals surface area contributed by atoms with Crippen molar-refractivity contribution in [2.45, 2.75) is 72.6 Å². The minimum Gasteiger partial charge on any atom is -0.381 e. The highest BCUT2D eigenvalue weighted by molar-refractivity contribution is 5.03. The van der Waals surface area contributed by atoms with Gasteiger partial charge in [-0.05, 0) is 87.6 Å². The Morgan fingerprint density at radius 3 is 2.46 bits per heavy atom. The summed E-state index contributed by atoms with van der Waals surface area (Å²) in [6, 6.07) is 0. The SMILES string of the molecule is CC(C)COCCN(C)CCCCCOCC[C@@H]1CC[C@H]2C[C@H]1C2(C)C. The van der Waals surface area contributed by atoms with Gasteiger partial charge in [0.15, 0.2) is 0 Å². The Balaban J connectivity index is 1.37. The summed E-state index contributed by atoms with van der Waals surface area (Å²) in [5.74, 6) is 3.56. The van der Waals surface area contributed by atoms with E-state index in [-0.39, 0.29) is 0 Å². The van der Waals surface area contributed by atoms with Crippen molar-refractivity contribution >= 4 is 0 Å². The normalized spacial score (nSPS) is 27.1. The zero-order chi connectivity index (χ0) is 19.0. The van der Waals surface area contributed by atoms with Gasteiger partial charge in [0.25, 0.3) is 0 Å². The molecule has 3 aliphatic rings. The summed E-state index contributed by atoms with van der Waals surface area (Å²) < 4.78 is 11.6. The van der Waals surface area contributed by atoms with Crippen molar-refractivity contribution in [3.05, 3.63) is 0 Å². The molecule has 0 aromatic heterocycles. The molecule has 0 aromatic carbocycles. The lowest BCUT2D eigenvalue weighted by molar-refractivity contribution is -0.111. The number of rotatable bonds is 14. The fourth-order valence-corrected chi connectivity index (χ4v) is 5.06. The van der Waals surface area contributed by atoms with Gasteiger partial charge >= 0.3 is 0 Å². The number of likely N-dealkylation sites (N-methyl/N-ethyl adjacent to an activating group) is 1. The Hall–Kier alpha value is -0.120. The zero-order valence-electron chi connectivity index (χ0n) is 18.3. The molecule has 0 heterocycles. The number of ether oxygens (including phenoxy) is 2. The molecular weight excluding hydrogens is 322 g/mol. The third-order valence-corrected chi connectivity index (χ3v) is 7.03. The lowest BCUT2D eigenvalue weighted by Crippen LogP contribution is -2.52. The van der Waals surface area contributed by atoms with Gasteiger partial charge in [0.2, 0.25) is 0 Å². The molecule has 3 fully saturated rings. The van der Waals surface area contributed by atoms with Crippen LogP contribution in [0.4, 0.5) is 0 Å². The molecule has 0 unspecified atom stereocenters. The van der Waals surface area contributed by atoms with Crippen LogP contribution in [-0.4, -0.2) is 51.5 Å². The monoisotopic (exact) mass is 367 g/mol. The van der Waals surface area contributed by atoms with E-state index in [1.165, 1.54) is 51.5 Å². The molecule has 0 N–H and O–H groups in total. The van der Waals surface area contributed by atoms with Crippen molar-refractivity contribution < 1.29 is 9.47 Å². The molecule has 3 atom stereocenters. The Kier molecular flexibility index (Phi) is 9.40. The molecule has 3 nitrogen and oxygen atoms in total. The van der Waals surface area contributed by atoms with Crippen LogP contribution in [0.1, 0.15) is 72.6 Å². The Bertz CT molecular complexity index is 380. The van der Waals surface area contributed by atoms with E-state index in [1.807, 2.05) is 0 Å². The van der Waals surface area contributed by atoms with Crippen molar-refractivity contribution in [3.8, 4) is 0 Å². The summed E-state index contributed by atoms with van der Waals surface area (Å²) in [5, 5.41) is 0. The van der Waals surface area contributed by atoms with Crippen LogP contribution in [0, 0.1) is 29.1 Å². The van der Waals surface area contributed by atoms with Gasteiger partial charge in [0.1, 0.15) is 0 Å². The summed E-state index contributed by atoms with van der Waals surface area (Å²) in [5.41, 5.74) is 0.620. The minimum absolute atomic E-state index is 0.620. The van der Waals surface area contributed by atoms with Crippen LogP contribution < -0.4 is 0 Å². The molecule has 0 spiro atoms. The first-order chi connectivity index (χ1) is 12.4. The third kappa shape index (κ3) is 6.80. The predicted molar refractivity (Wildman–Crippen MR) is 111 cm³/mol. The molecule has 0 saturated heterocycles. The van der Waals surface area contributed by atoms with Gasteiger partial charge < -0.3 is 14.4 Å². The lowest BCUT2D eigenvalue weighted by Gasteiger charge is -2.60. The van der Waals surface area contributed by atoms with Crippen LogP contribution in [0.15, 0.2) is 0 Å². The lowest BCUT2D eigenvalue weighted by atomic mass is 9.45. The largest absolute Gasteiger partial charge is 0.381 e. The first-order valence-corrected chi connectivity index (χ1v) is 11.2. The highest BCUT2D eigenvalue weighted by Crippen LogP contribution is 2.61. The average Bonchev–Trinajstić information content (AvgIpc) is 2.60. The van der Waals surface area contributed by atoms with Crippen LogP contribution in [0.5, 0.6) is 0 Å². The maximum Gasteiger partial charge on any atom is 0.0593 e. The van der Waals surface area contributed by atoms with Crippen LogP contribution in [-0.2, 0) is 9.47 Å². The van der Waals surface area contributed by atoms with E-state index in [9.17, 15) is 0 Å². The van der Waals surface area contributed by atoms with Gasteiger partial charge in [-0.25, -0.2) is 0 Å². The molecule has 26 heavy (non-hydrogen) atoms. The smallest absolute Gasteiger partial charge is 0.0593 e. The van der Waals surface area contributed by atoms with Gasteiger partial charge in [-0.1, -0.05) is 27.7 Å². The molecule has 0 aromatic rings. The predicted octanol–water partition coefficient (Wildman–Crippen LogP) is 5.24. The summed E-state index contributed by atoms with van der Waals surface area (Å²) in [6.45, 7) is 15.3. The molecule has 0 amide bonds. The van der Waals surface area contributed by atoms with E-state index in [2.05, 4.69) is 39.6 Å². The molecule has 0 aliphatic heterocycles. The maximum atomic E-state index is 5.95. The van der Waals surface area contributed by atoms with Gasteiger partial charge in [-0.3, -0.25) is 0 Å². The number of unbranched alkanes of at least 4 members (excludes halogenated alkanes) is 2. The molecule has 154 valence electrons. The Morgan fingerprint density at radius 1 is 0.962 bits per heavy atom. The van der Waals surface area contributed by atoms with E-state index in [0.717, 1.165) is 50.7 Å². The molecule has 3 heteroatoms. The second-order valence-corrected chi connectivity index (χ2v) is 9.93. The molecule has 2 bridgehead atoms. The Morgan fingerprint density at radius 2 is 1.77 bits per heavy atom. The van der Waals surface area contributed by atoms with Crippen molar-refractivity contribution in [2.24, 2.45) is 29.1 Å². The number of fused-ring (bicyclic) bond motifs is 2. The second-order valence-electron chi connectivity index (χ2n) is 9.93. The van der Waals surface area contributed by atoms with Crippen LogP contribution >= 0.6 is 0 Å². The van der Waals surface area contributed by atoms with Gasteiger partial charge in [0.05, 0.1) is 6.61 Å². The second kappa shape index (κ2) is 11.0. The van der Waals surface area contributed by atoms with Gasteiger partial charge in [-0.15, -0.1) is 0 Å². The van der Waals surface area contributed by atoms with Crippen LogP contribution in [0.25, 0.3) is 0 Å². The first kappa shape index (κ1) is 22.2. The summed E-state index contributed by atoms with van der Waals surface area (Å²) >= 11 is 0. The summed E-state index contributed by atoms with van der Waals surface area (Å²) in [6.07, 6.45) is 9.45. The summed E-state index contributed by atoms with van der Waals surface area (Å²) in [4.78, 5) is 2.39. The van der Waals surface area contributed by atoms with Crippen molar-refractivity contribution in [2.75, 3.05) is 46.6 Å². The Labute approximate surface area is 163 Å². The quantitative estimate of drug-likeness (QED) is 0.392. The van der Waals surface area contributed by atoms with E-state index < -0.39 is 0 Å². The van der Waals surface area contributed by atoms with Gasteiger partial charge in [0, 0.05) is 26.4 Å². The topological polar surface area (TPSA) is 21.7 Å². The first-order valence-electron chi connectivity index (χ1n) is 11.2. The number of hydrogen-bond donors (Lipinski definition) is 0. The van der Waals surface area contributed by atoms with E-state index in [4.69, 9.17) is 9.47 Å². The molecule has 3 aliphatic carbocycles. The maximum absolute atomic E-state index is 5.95. The molecular formula is C23H45NO2. The standard InChI is InChI=1S/C23H45NO2/c1-19(2)18-26-16-13-24(5)12-7-6-8-14-25-15-11-20-9-10-21-17-22(20)23(21,3)4/h19-22H,6-18H2,1-5H3/t20-,21-,22+/m0/s1. The highest BCUT2D eigenvalue weighted by atomic mass is 16.5. The van der Waals surface area contributed by atoms with Crippen molar-refractivity contribution in [3.63, 3.8) is 0 Å². The van der Waals surface area contributed by atoms with E-state index in [1.54, 1.807) is 0 Å². The molecule has 0 radical (unpaired) electrons. The van der Waals surface area contributed by atoms with Crippen LogP contribution in [0.3, 0.4) is 0 Å². The molecule has 3 rings (SSSR count). The minimum atomic E-state index is 0.620. The zero-order valence-corrected chi connectivity index (χ0v) is 18.3. The van der Waals surface area contributed by atoms with E-state index in [0.29, 0.717) is 11.3 Å². The summed E-state index contributed by atoms with van der Waals surface area (Å²) in [7, 11) is 2.20. The van der Waals surface area contributed by atoms with Crippen LogP contribution in [0.2, 0.25) is 0 Å². The number of nitrogens with zero attached hydrogens (tertiary/aromatic N) is 1. The fraction of sp³-hybridized carbons (Fsp3) is 1.00. The van der Waals surface area contributed by atoms with Crippen molar-refractivity contribution in [1.82, 2.24) is 4.90 Å². The fourth-order valence-electron chi connectivity index (χ4n) is 5.06. The number of hydrogen-bond acceptors (Lipinski definition) is 3. The van der Waals surface area contributed by atoms with E-state index >= 15 is 0 Å². The van der Waals surface area contributed by atoms with Gasteiger partial charge in [-0.2, -0.15) is 0 Å². The molecule has 3 saturated carbocycles. The highest BCUT2D eigenvalue weighted by Gasteiger charge is 2.53.